The summed E-state index contributed by atoms with van der Waals surface area (Å²) in [6.07, 6.45) is 3.40. The molecule has 2 heteroatoms. The van der Waals surface area contributed by atoms with Crippen molar-refractivity contribution in [3.05, 3.63) is 0 Å². The quantitative estimate of drug-likeness (QED) is 0.603. The van der Waals surface area contributed by atoms with Gasteiger partial charge >= 0.3 is 0 Å². The molecule has 1 N–H and O–H groups in total. The SMILES string of the molecule is CC(C)[C@@H]1CC[C@@H](P)C[C@H]1O. The normalized spacial score (nSPS) is 39.5. The van der Waals surface area contributed by atoms with Crippen LogP contribution in [-0.2, 0) is 0 Å². The summed E-state index contributed by atoms with van der Waals surface area (Å²) in [6, 6.07) is 0. The zero-order valence-electron chi connectivity index (χ0n) is 7.46. The van der Waals surface area contributed by atoms with Gasteiger partial charge in [0.05, 0.1) is 6.10 Å². The Morgan fingerprint density at radius 2 is 2.00 bits per heavy atom. The van der Waals surface area contributed by atoms with Crippen LogP contribution in [0.4, 0.5) is 0 Å². The van der Waals surface area contributed by atoms with E-state index in [2.05, 4.69) is 23.1 Å². The first-order valence-electron chi connectivity index (χ1n) is 4.55. The van der Waals surface area contributed by atoms with E-state index in [4.69, 9.17) is 0 Å². The molecule has 0 bridgehead atoms. The van der Waals surface area contributed by atoms with E-state index >= 15 is 0 Å². The second kappa shape index (κ2) is 3.87. The number of aliphatic hydroxyl groups is 1. The number of aliphatic hydroxyl groups excluding tert-OH is 1. The molecule has 4 atom stereocenters. The lowest BCUT2D eigenvalue weighted by atomic mass is 9.79. The molecule has 0 heterocycles. The fraction of sp³-hybridized carbons (Fsp3) is 1.00. The van der Waals surface area contributed by atoms with E-state index in [1.54, 1.807) is 0 Å². The van der Waals surface area contributed by atoms with E-state index in [0.717, 1.165) is 6.42 Å². The van der Waals surface area contributed by atoms with Crippen molar-refractivity contribution >= 4 is 9.24 Å². The summed E-state index contributed by atoms with van der Waals surface area (Å²) in [5.41, 5.74) is 0.653. The molecule has 0 saturated heterocycles. The molecule has 66 valence electrons. The minimum atomic E-state index is -0.0498. The molecule has 0 aromatic heterocycles. The van der Waals surface area contributed by atoms with Crippen molar-refractivity contribution in [3.8, 4) is 0 Å². The van der Waals surface area contributed by atoms with Crippen molar-refractivity contribution in [1.82, 2.24) is 0 Å². The third kappa shape index (κ3) is 2.42. The minimum Gasteiger partial charge on any atom is -0.393 e. The Labute approximate surface area is 71.8 Å². The lowest BCUT2D eigenvalue weighted by Gasteiger charge is -2.33. The van der Waals surface area contributed by atoms with Crippen molar-refractivity contribution < 1.29 is 5.11 Å². The average molecular weight is 174 g/mol. The molecule has 1 aliphatic rings. The predicted molar refractivity (Wildman–Crippen MR) is 51.7 cm³/mol. The molecule has 0 aromatic carbocycles. The van der Waals surface area contributed by atoms with Crippen LogP contribution >= 0.6 is 9.24 Å². The van der Waals surface area contributed by atoms with Gasteiger partial charge in [0, 0.05) is 0 Å². The molecule has 1 saturated carbocycles. The molecule has 1 aliphatic carbocycles. The van der Waals surface area contributed by atoms with E-state index in [1.807, 2.05) is 0 Å². The van der Waals surface area contributed by atoms with Gasteiger partial charge in [-0.25, -0.2) is 0 Å². The monoisotopic (exact) mass is 174 g/mol. The highest BCUT2D eigenvalue weighted by molar-refractivity contribution is 7.17. The Morgan fingerprint density at radius 3 is 2.45 bits per heavy atom. The molecule has 1 nitrogen and oxygen atoms in total. The lowest BCUT2D eigenvalue weighted by molar-refractivity contribution is 0.0480. The molecule has 0 aromatic rings. The van der Waals surface area contributed by atoms with Gasteiger partial charge in [-0.1, -0.05) is 13.8 Å². The average Bonchev–Trinajstić information content (AvgIpc) is 1.85. The largest absolute Gasteiger partial charge is 0.393 e. The van der Waals surface area contributed by atoms with Gasteiger partial charge in [0.25, 0.3) is 0 Å². The van der Waals surface area contributed by atoms with Crippen molar-refractivity contribution in [3.63, 3.8) is 0 Å². The fourth-order valence-electron chi connectivity index (χ4n) is 1.98. The van der Waals surface area contributed by atoms with Crippen LogP contribution in [-0.4, -0.2) is 16.9 Å². The molecular weight excluding hydrogens is 155 g/mol. The number of rotatable bonds is 1. The lowest BCUT2D eigenvalue weighted by Crippen LogP contribution is -2.32. The van der Waals surface area contributed by atoms with Gasteiger partial charge in [-0.15, -0.1) is 9.24 Å². The summed E-state index contributed by atoms with van der Waals surface area (Å²) in [7, 11) is 2.82. The first kappa shape index (κ1) is 9.48. The summed E-state index contributed by atoms with van der Waals surface area (Å²) >= 11 is 0. The third-order valence-electron chi connectivity index (χ3n) is 2.77. The molecule has 0 aliphatic heterocycles. The van der Waals surface area contributed by atoms with Gasteiger partial charge in [-0.05, 0) is 36.8 Å². The summed E-state index contributed by atoms with van der Waals surface area (Å²) in [6.45, 7) is 4.41. The van der Waals surface area contributed by atoms with E-state index in [9.17, 15) is 5.11 Å². The fourth-order valence-corrected chi connectivity index (χ4v) is 2.45. The van der Waals surface area contributed by atoms with Gasteiger partial charge in [0.2, 0.25) is 0 Å². The first-order valence-corrected chi connectivity index (χ1v) is 5.21. The van der Waals surface area contributed by atoms with Crippen LogP contribution in [0.5, 0.6) is 0 Å². The van der Waals surface area contributed by atoms with Crippen LogP contribution in [0.25, 0.3) is 0 Å². The van der Waals surface area contributed by atoms with Crippen molar-refractivity contribution in [1.29, 1.82) is 0 Å². The molecule has 0 spiro atoms. The zero-order valence-corrected chi connectivity index (χ0v) is 8.61. The highest BCUT2D eigenvalue weighted by Crippen LogP contribution is 2.33. The Hall–Kier alpha value is 0.390. The van der Waals surface area contributed by atoms with Gasteiger partial charge in [0.1, 0.15) is 0 Å². The maximum Gasteiger partial charge on any atom is 0.0576 e. The summed E-state index contributed by atoms with van der Waals surface area (Å²) in [5, 5.41) is 9.70. The molecule has 1 fully saturated rings. The van der Waals surface area contributed by atoms with Crippen LogP contribution < -0.4 is 0 Å². The Kier molecular flexibility index (Phi) is 3.33. The highest BCUT2D eigenvalue weighted by atomic mass is 31.0. The molecule has 0 amide bonds. The zero-order chi connectivity index (χ0) is 8.43. The molecule has 11 heavy (non-hydrogen) atoms. The van der Waals surface area contributed by atoms with Gasteiger partial charge in [-0.2, -0.15) is 0 Å². The summed E-state index contributed by atoms with van der Waals surface area (Å²) in [4.78, 5) is 0. The van der Waals surface area contributed by atoms with Crippen LogP contribution in [0.2, 0.25) is 0 Å². The van der Waals surface area contributed by atoms with Crippen molar-refractivity contribution in [2.45, 2.75) is 44.9 Å². The summed E-state index contributed by atoms with van der Waals surface area (Å²) in [5.74, 6) is 1.19. The Bertz CT molecular complexity index is 125. The second-order valence-electron chi connectivity index (χ2n) is 4.05. The highest BCUT2D eigenvalue weighted by Gasteiger charge is 2.28. The van der Waals surface area contributed by atoms with Crippen LogP contribution in [0.3, 0.4) is 0 Å². The van der Waals surface area contributed by atoms with E-state index in [1.165, 1.54) is 12.8 Å². The minimum absolute atomic E-state index is 0.0498. The predicted octanol–water partition coefficient (Wildman–Crippen LogP) is 2.05. The Balaban J connectivity index is 2.44. The van der Waals surface area contributed by atoms with Gasteiger partial charge in [0.15, 0.2) is 0 Å². The van der Waals surface area contributed by atoms with Crippen LogP contribution in [0, 0.1) is 11.8 Å². The molecule has 1 rings (SSSR count). The third-order valence-corrected chi connectivity index (χ3v) is 3.37. The number of hydrogen-bond donors (Lipinski definition) is 1. The van der Waals surface area contributed by atoms with Crippen molar-refractivity contribution in [2.75, 3.05) is 0 Å². The standard InChI is InChI=1S/C9H19OP/c1-6(2)8-4-3-7(11)5-9(8)10/h6-10H,3-5,11H2,1-2H3/t7-,8+,9-/m1/s1. The van der Waals surface area contributed by atoms with Gasteiger partial charge < -0.3 is 5.11 Å². The molecular formula is C9H19OP. The second-order valence-corrected chi connectivity index (χ2v) is 4.99. The molecule has 0 radical (unpaired) electrons. The van der Waals surface area contributed by atoms with E-state index < -0.39 is 0 Å². The first-order chi connectivity index (χ1) is 5.11. The van der Waals surface area contributed by atoms with Crippen LogP contribution in [0.15, 0.2) is 0 Å². The van der Waals surface area contributed by atoms with E-state index in [0.29, 0.717) is 17.5 Å². The van der Waals surface area contributed by atoms with Crippen LogP contribution in [0.1, 0.15) is 33.1 Å². The smallest absolute Gasteiger partial charge is 0.0576 e. The maximum atomic E-state index is 9.70. The summed E-state index contributed by atoms with van der Waals surface area (Å²) < 4.78 is 0. The maximum absolute atomic E-state index is 9.70. The van der Waals surface area contributed by atoms with E-state index in [-0.39, 0.29) is 6.10 Å². The molecule has 1 unspecified atom stereocenters. The topological polar surface area (TPSA) is 20.2 Å². The van der Waals surface area contributed by atoms with Crippen molar-refractivity contribution in [2.24, 2.45) is 11.8 Å². The number of hydrogen-bond acceptors (Lipinski definition) is 1. The van der Waals surface area contributed by atoms with Gasteiger partial charge in [-0.3, -0.25) is 0 Å². The Morgan fingerprint density at radius 1 is 1.36 bits per heavy atom.